The molecule has 106 valence electrons. The zero-order valence-electron chi connectivity index (χ0n) is 12.3. The molecule has 0 saturated carbocycles. The Hall–Kier alpha value is -1.24. The van der Waals surface area contributed by atoms with Gasteiger partial charge >= 0.3 is 0 Å². The van der Waals surface area contributed by atoms with Crippen molar-refractivity contribution in [2.24, 2.45) is 0 Å². The van der Waals surface area contributed by atoms with Crippen molar-refractivity contribution in [1.29, 1.82) is 0 Å². The predicted octanol–water partition coefficient (Wildman–Crippen LogP) is 5.94. The summed E-state index contributed by atoms with van der Waals surface area (Å²) >= 11 is 0. The second-order valence-corrected chi connectivity index (χ2v) is 5.26. The van der Waals surface area contributed by atoms with Gasteiger partial charge in [0.25, 0.3) is 0 Å². The lowest BCUT2D eigenvalue weighted by atomic mass is 10.1. The molecule has 0 saturated heterocycles. The van der Waals surface area contributed by atoms with Crippen LogP contribution in [-0.2, 0) is 0 Å². The van der Waals surface area contributed by atoms with Crippen molar-refractivity contribution in [2.45, 2.75) is 64.7 Å². The van der Waals surface area contributed by atoms with Crippen LogP contribution in [0.25, 0.3) is 6.08 Å². The molecule has 1 heteroatoms. The second kappa shape index (κ2) is 10.7. The highest BCUT2D eigenvalue weighted by atomic mass is 16.3. The van der Waals surface area contributed by atoms with Crippen LogP contribution < -0.4 is 0 Å². The third-order valence-corrected chi connectivity index (χ3v) is 3.40. The Kier molecular flexibility index (Phi) is 8.87. The summed E-state index contributed by atoms with van der Waals surface area (Å²) in [6.45, 7) is 2.26. The average molecular weight is 260 g/mol. The Balaban J connectivity index is 1.99. The fourth-order valence-electron chi connectivity index (χ4n) is 2.24. The number of phenols is 1. The molecule has 0 fully saturated rings. The normalized spacial score (nSPS) is 11.2. The number of hydrogen-bond donors (Lipinski definition) is 1. The van der Waals surface area contributed by atoms with Crippen LogP contribution in [0.1, 0.15) is 70.3 Å². The molecule has 0 amide bonds. The molecule has 0 radical (unpaired) electrons. The van der Waals surface area contributed by atoms with Crippen LogP contribution in [-0.4, -0.2) is 5.11 Å². The lowest BCUT2D eigenvalue weighted by Gasteiger charge is -2.00. The van der Waals surface area contributed by atoms with Crippen LogP contribution in [0, 0.1) is 0 Å². The van der Waals surface area contributed by atoms with Crippen molar-refractivity contribution in [3.63, 3.8) is 0 Å². The maximum Gasteiger partial charge on any atom is 0.116 e. The van der Waals surface area contributed by atoms with E-state index in [4.69, 9.17) is 0 Å². The molecule has 1 nitrogen and oxygen atoms in total. The van der Waals surface area contributed by atoms with Gasteiger partial charge in [0.05, 0.1) is 0 Å². The predicted molar refractivity (Wildman–Crippen MR) is 84.4 cm³/mol. The number of hydrogen-bond acceptors (Lipinski definition) is 1. The van der Waals surface area contributed by atoms with Gasteiger partial charge in [0.15, 0.2) is 0 Å². The lowest BCUT2D eigenvalue weighted by molar-refractivity contribution is 0.475. The summed E-state index contributed by atoms with van der Waals surface area (Å²) in [5.41, 5.74) is 1.08. The van der Waals surface area contributed by atoms with Gasteiger partial charge in [-0.3, -0.25) is 0 Å². The summed E-state index contributed by atoms with van der Waals surface area (Å²) in [7, 11) is 0. The SMILES string of the molecule is CCCCCCCCCC/C=C\c1cccc(O)c1. The fourth-order valence-corrected chi connectivity index (χ4v) is 2.24. The molecule has 0 unspecified atom stereocenters. The van der Waals surface area contributed by atoms with Gasteiger partial charge < -0.3 is 5.11 Å². The zero-order valence-corrected chi connectivity index (χ0v) is 12.3. The minimum absolute atomic E-state index is 0.342. The molecule has 1 N–H and O–H groups in total. The molecule has 0 bridgehead atoms. The highest BCUT2D eigenvalue weighted by molar-refractivity contribution is 5.51. The van der Waals surface area contributed by atoms with Gasteiger partial charge in [0.1, 0.15) is 5.75 Å². The minimum atomic E-state index is 0.342. The third kappa shape index (κ3) is 8.47. The quantitative estimate of drug-likeness (QED) is 0.516. The Morgan fingerprint density at radius 3 is 2.32 bits per heavy atom. The molecule has 1 rings (SSSR count). The van der Waals surface area contributed by atoms with Crippen LogP contribution in [0.3, 0.4) is 0 Å². The highest BCUT2D eigenvalue weighted by Gasteiger charge is 1.91. The van der Waals surface area contributed by atoms with E-state index in [-0.39, 0.29) is 0 Å². The molecular weight excluding hydrogens is 232 g/mol. The van der Waals surface area contributed by atoms with Gasteiger partial charge in [-0.2, -0.15) is 0 Å². The standard InChI is InChI=1S/C18H28O/c1-2-3-4-5-6-7-8-9-10-11-13-17-14-12-15-18(19)16-17/h11-16,19H,2-10H2,1H3/b13-11-. The number of phenolic OH excluding ortho intramolecular Hbond substituents is 1. The van der Waals surface area contributed by atoms with Gasteiger partial charge in [-0.1, -0.05) is 76.2 Å². The molecule has 0 aliphatic heterocycles. The van der Waals surface area contributed by atoms with Crippen LogP contribution >= 0.6 is 0 Å². The number of rotatable bonds is 10. The number of allylic oxidation sites excluding steroid dienone is 1. The van der Waals surface area contributed by atoms with E-state index in [9.17, 15) is 5.11 Å². The molecule has 1 aromatic carbocycles. The number of aromatic hydroxyl groups is 1. The Labute approximate surface area is 118 Å². The molecule has 0 aliphatic carbocycles. The van der Waals surface area contributed by atoms with E-state index in [1.54, 1.807) is 12.1 Å². The highest BCUT2D eigenvalue weighted by Crippen LogP contribution is 2.13. The van der Waals surface area contributed by atoms with Gasteiger partial charge in [-0.05, 0) is 30.5 Å². The van der Waals surface area contributed by atoms with Gasteiger partial charge in [0.2, 0.25) is 0 Å². The van der Waals surface area contributed by atoms with E-state index in [0.717, 1.165) is 12.0 Å². The largest absolute Gasteiger partial charge is 0.508 e. The van der Waals surface area contributed by atoms with Gasteiger partial charge in [-0.15, -0.1) is 0 Å². The molecule has 0 atom stereocenters. The summed E-state index contributed by atoms with van der Waals surface area (Å²) in [6, 6.07) is 7.40. The first kappa shape index (κ1) is 15.8. The molecule has 1 aromatic rings. The number of benzene rings is 1. The van der Waals surface area contributed by atoms with Crippen LogP contribution in [0.15, 0.2) is 30.3 Å². The molecule has 19 heavy (non-hydrogen) atoms. The molecule has 0 aromatic heterocycles. The van der Waals surface area contributed by atoms with Gasteiger partial charge in [-0.25, -0.2) is 0 Å². The Bertz CT molecular complexity index is 354. The van der Waals surface area contributed by atoms with Crippen molar-refractivity contribution in [3.05, 3.63) is 35.9 Å². The average Bonchev–Trinajstić information content (AvgIpc) is 2.41. The first-order chi connectivity index (χ1) is 9.33. The first-order valence-electron chi connectivity index (χ1n) is 7.78. The Morgan fingerprint density at radius 1 is 0.947 bits per heavy atom. The number of unbranched alkanes of at least 4 members (excludes halogenated alkanes) is 8. The summed E-state index contributed by atoms with van der Waals surface area (Å²) < 4.78 is 0. The summed E-state index contributed by atoms with van der Waals surface area (Å²) in [5, 5.41) is 9.34. The zero-order chi connectivity index (χ0) is 13.8. The fraction of sp³-hybridized carbons (Fsp3) is 0.556. The smallest absolute Gasteiger partial charge is 0.116 e. The van der Waals surface area contributed by atoms with Crippen LogP contribution in [0.2, 0.25) is 0 Å². The van der Waals surface area contributed by atoms with Crippen LogP contribution in [0.4, 0.5) is 0 Å². The van der Waals surface area contributed by atoms with E-state index < -0.39 is 0 Å². The van der Waals surface area contributed by atoms with Crippen molar-refractivity contribution in [2.75, 3.05) is 0 Å². The van der Waals surface area contributed by atoms with E-state index in [2.05, 4.69) is 19.1 Å². The minimum Gasteiger partial charge on any atom is -0.508 e. The Morgan fingerprint density at radius 2 is 1.63 bits per heavy atom. The van der Waals surface area contributed by atoms with E-state index in [1.165, 1.54) is 51.4 Å². The van der Waals surface area contributed by atoms with Crippen molar-refractivity contribution in [1.82, 2.24) is 0 Å². The monoisotopic (exact) mass is 260 g/mol. The van der Waals surface area contributed by atoms with Crippen LogP contribution in [0.5, 0.6) is 5.75 Å². The molecular formula is C18H28O. The summed E-state index contributed by atoms with van der Waals surface area (Å²) in [4.78, 5) is 0. The molecule has 0 spiro atoms. The third-order valence-electron chi connectivity index (χ3n) is 3.40. The first-order valence-corrected chi connectivity index (χ1v) is 7.78. The van der Waals surface area contributed by atoms with Crippen molar-refractivity contribution in [3.8, 4) is 5.75 Å². The van der Waals surface area contributed by atoms with E-state index in [0.29, 0.717) is 5.75 Å². The molecule has 0 heterocycles. The topological polar surface area (TPSA) is 20.2 Å². The second-order valence-electron chi connectivity index (χ2n) is 5.26. The van der Waals surface area contributed by atoms with Crippen molar-refractivity contribution < 1.29 is 5.11 Å². The maximum atomic E-state index is 9.34. The maximum absolute atomic E-state index is 9.34. The molecule has 0 aliphatic rings. The summed E-state index contributed by atoms with van der Waals surface area (Å²) in [5.74, 6) is 0.342. The van der Waals surface area contributed by atoms with E-state index >= 15 is 0 Å². The van der Waals surface area contributed by atoms with Crippen molar-refractivity contribution >= 4 is 6.08 Å². The van der Waals surface area contributed by atoms with Gasteiger partial charge in [0, 0.05) is 0 Å². The van der Waals surface area contributed by atoms with E-state index in [1.807, 2.05) is 12.1 Å². The summed E-state index contributed by atoms with van der Waals surface area (Å²) in [6.07, 6.45) is 16.4. The lowest BCUT2D eigenvalue weighted by Crippen LogP contribution is -1.80.